The van der Waals surface area contributed by atoms with Gasteiger partial charge in [0.2, 0.25) is 0 Å². The average Bonchev–Trinajstić information content (AvgIpc) is 2.37. The van der Waals surface area contributed by atoms with Gasteiger partial charge in [0.1, 0.15) is 5.82 Å². The van der Waals surface area contributed by atoms with Crippen molar-refractivity contribution in [3.63, 3.8) is 0 Å². The van der Waals surface area contributed by atoms with Crippen LogP contribution < -0.4 is 10.2 Å². The summed E-state index contributed by atoms with van der Waals surface area (Å²) in [5.74, 6) is 1.09. The first-order valence-corrected chi connectivity index (χ1v) is 7.17. The van der Waals surface area contributed by atoms with E-state index in [0.717, 1.165) is 37.6 Å². The third-order valence-electron chi connectivity index (χ3n) is 3.41. The molecule has 0 aliphatic carbocycles. The Hall–Kier alpha value is -1.13. The fraction of sp³-hybridized carbons (Fsp3) is 0.667. The Bertz CT molecular complexity index is 412. The van der Waals surface area contributed by atoms with E-state index < -0.39 is 0 Å². The summed E-state index contributed by atoms with van der Waals surface area (Å²) in [5.41, 5.74) is 2.46. The maximum Gasteiger partial charge on any atom is 0.129 e. The molecule has 1 aromatic heterocycles. The standard InChI is InChI=1S/C15H25N3O/c1-5-14-6-13(8-16-4)7-15(17-14)18-9-11(2)19-12(3)10-18/h6-7,11-12,16H,5,8-10H2,1-4H3. The second kappa shape index (κ2) is 6.35. The van der Waals surface area contributed by atoms with Gasteiger partial charge in [-0.3, -0.25) is 0 Å². The van der Waals surface area contributed by atoms with Crippen LogP contribution in [0.25, 0.3) is 0 Å². The van der Waals surface area contributed by atoms with Gasteiger partial charge in [-0.15, -0.1) is 0 Å². The number of morpholine rings is 1. The second-order valence-corrected chi connectivity index (χ2v) is 5.37. The van der Waals surface area contributed by atoms with E-state index >= 15 is 0 Å². The van der Waals surface area contributed by atoms with E-state index in [-0.39, 0.29) is 12.2 Å². The molecule has 2 rings (SSSR count). The second-order valence-electron chi connectivity index (χ2n) is 5.37. The molecule has 1 aromatic rings. The first-order chi connectivity index (χ1) is 9.12. The van der Waals surface area contributed by atoms with E-state index in [4.69, 9.17) is 9.72 Å². The summed E-state index contributed by atoms with van der Waals surface area (Å²) >= 11 is 0. The molecule has 2 unspecified atom stereocenters. The zero-order valence-corrected chi connectivity index (χ0v) is 12.4. The molecular weight excluding hydrogens is 238 g/mol. The minimum atomic E-state index is 0.267. The van der Waals surface area contributed by atoms with Crippen LogP contribution in [0.3, 0.4) is 0 Å². The van der Waals surface area contributed by atoms with Crippen LogP contribution in [0.1, 0.15) is 32.0 Å². The number of aromatic nitrogens is 1. The Morgan fingerprint density at radius 2 is 2.00 bits per heavy atom. The van der Waals surface area contributed by atoms with Gasteiger partial charge in [0.25, 0.3) is 0 Å². The smallest absolute Gasteiger partial charge is 0.129 e. The number of hydrogen-bond acceptors (Lipinski definition) is 4. The molecule has 0 amide bonds. The van der Waals surface area contributed by atoms with E-state index in [1.807, 2.05) is 7.05 Å². The number of pyridine rings is 1. The van der Waals surface area contributed by atoms with E-state index in [1.54, 1.807) is 0 Å². The largest absolute Gasteiger partial charge is 0.372 e. The zero-order chi connectivity index (χ0) is 13.8. The quantitative estimate of drug-likeness (QED) is 0.901. The fourth-order valence-electron chi connectivity index (χ4n) is 2.65. The summed E-state index contributed by atoms with van der Waals surface area (Å²) in [7, 11) is 1.98. The molecule has 0 bridgehead atoms. The van der Waals surface area contributed by atoms with Gasteiger partial charge in [0.05, 0.1) is 12.2 Å². The lowest BCUT2D eigenvalue weighted by Crippen LogP contribution is -2.46. The normalized spacial score (nSPS) is 23.7. The molecule has 4 heteroatoms. The van der Waals surface area contributed by atoms with Gasteiger partial charge < -0.3 is 15.0 Å². The van der Waals surface area contributed by atoms with E-state index in [9.17, 15) is 0 Å². The predicted molar refractivity (Wildman–Crippen MR) is 78.6 cm³/mol. The van der Waals surface area contributed by atoms with Crippen LogP contribution in [0, 0.1) is 0 Å². The lowest BCUT2D eigenvalue weighted by molar-refractivity contribution is -0.00547. The highest BCUT2D eigenvalue weighted by atomic mass is 16.5. The first kappa shape index (κ1) is 14.3. The highest BCUT2D eigenvalue weighted by Gasteiger charge is 2.23. The summed E-state index contributed by atoms with van der Waals surface area (Å²) in [4.78, 5) is 7.11. The molecule has 0 aromatic carbocycles. The van der Waals surface area contributed by atoms with Crippen LogP contribution in [-0.2, 0) is 17.7 Å². The Kier molecular flexibility index (Phi) is 4.77. The van der Waals surface area contributed by atoms with Gasteiger partial charge in [-0.05, 0) is 45.0 Å². The molecule has 1 saturated heterocycles. The van der Waals surface area contributed by atoms with Crippen molar-refractivity contribution < 1.29 is 4.74 Å². The number of anilines is 1. The molecule has 2 atom stereocenters. The first-order valence-electron chi connectivity index (χ1n) is 7.17. The summed E-state index contributed by atoms with van der Waals surface area (Å²) in [6, 6.07) is 4.38. The van der Waals surface area contributed by atoms with E-state index in [2.05, 4.69) is 43.1 Å². The fourth-order valence-corrected chi connectivity index (χ4v) is 2.65. The van der Waals surface area contributed by atoms with Crippen molar-refractivity contribution in [3.8, 4) is 0 Å². The van der Waals surface area contributed by atoms with Crippen LogP contribution >= 0.6 is 0 Å². The lowest BCUT2D eigenvalue weighted by Gasteiger charge is -2.36. The van der Waals surface area contributed by atoms with E-state index in [0.29, 0.717) is 0 Å². The van der Waals surface area contributed by atoms with Gasteiger partial charge in [-0.25, -0.2) is 4.98 Å². The molecule has 1 N–H and O–H groups in total. The molecule has 19 heavy (non-hydrogen) atoms. The van der Waals surface area contributed by atoms with Gasteiger partial charge in [-0.2, -0.15) is 0 Å². The van der Waals surface area contributed by atoms with Crippen LogP contribution in [0.2, 0.25) is 0 Å². The Balaban J connectivity index is 2.24. The Morgan fingerprint density at radius 3 is 2.58 bits per heavy atom. The van der Waals surface area contributed by atoms with Crippen LogP contribution in [0.4, 0.5) is 5.82 Å². The molecule has 2 heterocycles. The highest BCUT2D eigenvalue weighted by molar-refractivity contribution is 5.43. The molecule has 0 radical (unpaired) electrons. The monoisotopic (exact) mass is 263 g/mol. The van der Waals surface area contributed by atoms with E-state index in [1.165, 1.54) is 5.56 Å². The molecule has 1 aliphatic heterocycles. The van der Waals surface area contributed by atoms with Crippen molar-refractivity contribution >= 4 is 5.82 Å². The summed E-state index contributed by atoms with van der Waals surface area (Å²) in [5, 5.41) is 3.21. The van der Waals surface area contributed by atoms with Crippen LogP contribution in [-0.4, -0.2) is 37.3 Å². The number of nitrogens with zero attached hydrogens (tertiary/aromatic N) is 2. The maximum absolute atomic E-state index is 5.79. The Labute approximate surface area is 116 Å². The average molecular weight is 263 g/mol. The highest BCUT2D eigenvalue weighted by Crippen LogP contribution is 2.20. The third kappa shape index (κ3) is 3.67. The molecule has 4 nitrogen and oxygen atoms in total. The van der Waals surface area contributed by atoms with Crippen molar-refractivity contribution in [1.29, 1.82) is 0 Å². The summed E-state index contributed by atoms with van der Waals surface area (Å²) in [6.45, 7) is 9.13. The zero-order valence-electron chi connectivity index (χ0n) is 12.4. The van der Waals surface area contributed by atoms with Gasteiger partial charge in [0, 0.05) is 25.3 Å². The van der Waals surface area contributed by atoms with Gasteiger partial charge >= 0.3 is 0 Å². The van der Waals surface area contributed by atoms with Crippen molar-refractivity contribution in [3.05, 3.63) is 23.4 Å². The number of nitrogens with one attached hydrogen (secondary N) is 1. The van der Waals surface area contributed by atoms with Gasteiger partial charge in [0.15, 0.2) is 0 Å². The van der Waals surface area contributed by atoms with Crippen molar-refractivity contribution in [2.75, 3.05) is 25.0 Å². The predicted octanol–water partition coefficient (Wildman–Crippen LogP) is 1.98. The topological polar surface area (TPSA) is 37.4 Å². The minimum Gasteiger partial charge on any atom is -0.372 e. The number of aryl methyl sites for hydroxylation is 1. The lowest BCUT2D eigenvalue weighted by atomic mass is 10.1. The molecule has 0 spiro atoms. The molecule has 1 fully saturated rings. The minimum absolute atomic E-state index is 0.267. The van der Waals surface area contributed by atoms with Gasteiger partial charge in [-0.1, -0.05) is 6.92 Å². The van der Waals surface area contributed by atoms with Crippen LogP contribution in [0.15, 0.2) is 12.1 Å². The molecule has 1 aliphatic rings. The Morgan fingerprint density at radius 1 is 1.32 bits per heavy atom. The van der Waals surface area contributed by atoms with Crippen LogP contribution in [0.5, 0.6) is 0 Å². The maximum atomic E-state index is 5.79. The number of ether oxygens (including phenoxy) is 1. The molecular formula is C15H25N3O. The van der Waals surface area contributed by atoms with Crippen molar-refractivity contribution in [1.82, 2.24) is 10.3 Å². The number of rotatable bonds is 4. The summed E-state index contributed by atoms with van der Waals surface area (Å²) < 4.78 is 5.79. The van der Waals surface area contributed by atoms with Crippen molar-refractivity contribution in [2.24, 2.45) is 0 Å². The number of hydrogen-bond donors (Lipinski definition) is 1. The molecule has 106 valence electrons. The summed E-state index contributed by atoms with van der Waals surface area (Å²) in [6.07, 6.45) is 1.51. The molecule has 0 saturated carbocycles. The SMILES string of the molecule is CCc1cc(CNC)cc(N2CC(C)OC(C)C2)n1. The van der Waals surface area contributed by atoms with Crippen molar-refractivity contribution in [2.45, 2.75) is 45.9 Å². The third-order valence-corrected chi connectivity index (χ3v) is 3.41.